The number of rotatable bonds is 2. The van der Waals surface area contributed by atoms with Crippen LogP contribution in [0.4, 0.5) is 0 Å². The summed E-state index contributed by atoms with van der Waals surface area (Å²) in [5.74, 6) is 0.926. The first-order valence-electron chi connectivity index (χ1n) is 5.66. The van der Waals surface area contributed by atoms with Crippen LogP contribution in [0.2, 0.25) is 0 Å². The minimum absolute atomic E-state index is 0.132. The summed E-state index contributed by atoms with van der Waals surface area (Å²) in [6.45, 7) is 2.04. The molecule has 1 fully saturated rings. The summed E-state index contributed by atoms with van der Waals surface area (Å²) in [4.78, 5) is 0. The summed E-state index contributed by atoms with van der Waals surface area (Å²) < 4.78 is 5.11. The summed E-state index contributed by atoms with van der Waals surface area (Å²) in [7, 11) is 1.63. The largest absolute Gasteiger partial charge is 0.497 e. The maximum Gasteiger partial charge on any atom is 0.118 e. The molecule has 0 spiro atoms. The highest BCUT2D eigenvalue weighted by molar-refractivity contribution is 5.34. The van der Waals surface area contributed by atoms with Crippen LogP contribution in [0.1, 0.15) is 18.4 Å². The van der Waals surface area contributed by atoms with Crippen molar-refractivity contribution in [3.8, 4) is 17.9 Å². The van der Waals surface area contributed by atoms with Crippen LogP contribution in [-0.2, 0) is 0 Å². The van der Waals surface area contributed by atoms with Gasteiger partial charge in [0.15, 0.2) is 0 Å². The summed E-state index contributed by atoms with van der Waals surface area (Å²) in [5, 5.41) is 18.1. The maximum atomic E-state index is 9.11. The lowest BCUT2D eigenvalue weighted by Gasteiger charge is -2.43. The van der Waals surface area contributed by atoms with Gasteiger partial charge in [0.1, 0.15) is 5.75 Å². The third kappa shape index (κ3) is 1.74. The van der Waals surface area contributed by atoms with E-state index in [-0.39, 0.29) is 23.7 Å². The highest BCUT2D eigenvalue weighted by Crippen LogP contribution is 2.51. The molecular weight excluding hydrogens is 212 g/mol. The van der Waals surface area contributed by atoms with Gasteiger partial charge in [-0.3, -0.25) is 0 Å². The average molecular weight is 226 g/mol. The Bertz CT molecular complexity index is 480. The molecule has 1 aromatic rings. The highest BCUT2D eigenvalue weighted by Gasteiger charge is 2.49. The van der Waals surface area contributed by atoms with Crippen LogP contribution in [0.15, 0.2) is 24.3 Å². The lowest BCUT2D eigenvalue weighted by molar-refractivity contribution is 0.137. The summed E-state index contributed by atoms with van der Waals surface area (Å²) in [6, 6.07) is 12.2. The van der Waals surface area contributed by atoms with E-state index in [0.717, 1.165) is 11.3 Å². The lowest BCUT2D eigenvalue weighted by atomic mass is 9.56. The fraction of sp³-hybridized carbons (Fsp3) is 0.429. The van der Waals surface area contributed by atoms with Crippen molar-refractivity contribution >= 4 is 0 Å². The SMILES string of the molecule is COc1ccc([C@@H]2[C@@H](C)[C@@H](C#N)[C@@H]2C#N)cc1. The Morgan fingerprint density at radius 2 is 1.65 bits per heavy atom. The molecule has 0 saturated heterocycles. The Balaban J connectivity index is 2.23. The standard InChI is InChI=1S/C14H14N2O/c1-9-12(7-15)13(8-16)14(9)10-3-5-11(17-2)6-4-10/h3-6,9,12-14H,1-2H3/t9-,12+,13-,14-/m0/s1. The number of nitrogens with zero attached hydrogens (tertiary/aromatic N) is 2. The molecule has 0 aliphatic heterocycles. The second-order valence-electron chi connectivity index (χ2n) is 4.47. The van der Waals surface area contributed by atoms with Crippen LogP contribution in [-0.4, -0.2) is 7.11 Å². The molecule has 0 bridgehead atoms. The fourth-order valence-electron chi connectivity index (χ4n) is 2.65. The molecule has 0 heterocycles. The van der Waals surface area contributed by atoms with Gasteiger partial charge in [-0.25, -0.2) is 0 Å². The van der Waals surface area contributed by atoms with Gasteiger partial charge in [0.05, 0.1) is 31.1 Å². The third-order valence-electron chi connectivity index (χ3n) is 3.71. The van der Waals surface area contributed by atoms with Crippen molar-refractivity contribution in [3.05, 3.63) is 29.8 Å². The molecule has 86 valence electrons. The van der Waals surface area contributed by atoms with Crippen LogP contribution in [0.3, 0.4) is 0 Å². The summed E-state index contributed by atoms with van der Waals surface area (Å²) in [6.07, 6.45) is 0. The molecule has 0 aromatic heterocycles. The van der Waals surface area contributed by atoms with E-state index in [0.29, 0.717) is 0 Å². The van der Waals surface area contributed by atoms with E-state index in [4.69, 9.17) is 15.3 Å². The Labute approximate surface area is 101 Å². The van der Waals surface area contributed by atoms with Gasteiger partial charge in [0.2, 0.25) is 0 Å². The topological polar surface area (TPSA) is 56.8 Å². The van der Waals surface area contributed by atoms with Crippen LogP contribution in [0, 0.1) is 40.4 Å². The minimum atomic E-state index is -0.177. The van der Waals surface area contributed by atoms with Gasteiger partial charge < -0.3 is 4.74 Å². The van der Waals surface area contributed by atoms with Crippen molar-refractivity contribution in [3.63, 3.8) is 0 Å². The quantitative estimate of drug-likeness (QED) is 0.779. The zero-order valence-corrected chi connectivity index (χ0v) is 9.92. The smallest absolute Gasteiger partial charge is 0.118 e. The first-order valence-corrected chi connectivity index (χ1v) is 5.66. The number of nitriles is 2. The number of hydrogen-bond donors (Lipinski definition) is 0. The van der Waals surface area contributed by atoms with E-state index < -0.39 is 0 Å². The Morgan fingerprint density at radius 1 is 1.06 bits per heavy atom. The van der Waals surface area contributed by atoms with Crippen LogP contribution in [0.5, 0.6) is 5.75 Å². The van der Waals surface area contributed by atoms with Crippen molar-refractivity contribution in [2.24, 2.45) is 17.8 Å². The van der Waals surface area contributed by atoms with Crippen molar-refractivity contribution in [2.75, 3.05) is 7.11 Å². The van der Waals surface area contributed by atoms with Gasteiger partial charge >= 0.3 is 0 Å². The van der Waals surface area contributed by atoms with E-state index in [9.17, 15) is 0 Å². The van der Waals surface area contributed by atoms with Gasteiger partial charge in [-0.15, -0.1) is 0 Å². The number of hydrogen-bond acceptors (Lipinski definition) is 3. The van der Waals surface area contributed by atoms with Crippen molar-refractivity contribution < 1.29 is 4.74 Å². The van der Waals surface area contributed by atoms with Crippen LogP contribution < -0.4 is 4.74 Å². The Morgan fingerprint density at radius 3 is 2.12 bits per heavy atom. The fourth-order valence-corrected chi connectivity index (χ4v) is 2.65. The van der Waals surface area contributed by atoms with E-state index in [1.807, 2.05) is 31.2 Å². The normalized spacial score (nSPS) is 30.8. The van der Waals surface area contributed by atoms with Crippen LogP contribution >= 0.6 is 0 Å². The lowest BCUT2D eigenvalue weighted by Crippen LogP contribution is -2.41. The molecule has 0 N–H and O–H groups in total. The first-order chi connectivity index (χ1) is 8.22. The number of benzene rings is 1. The minimum Gasteiger partial charge on any atom is -0.497 e. The average Bonchev–Trinajstić information content (AvgIpc) is 2.37. The molecule has 1 aromatic carbocycles. The molecule has 0 amide bonds. The van der Waals surface area contributed by atoms with Gasteiger partial charge in [0.25, 0.3) is 0 Å². The maximum absolute atomic E-state index is 9.11. The molecule has 1 saturated carbocycles. The zero-order chi connectivity index (χ0) is 12.4. The van der Waals surface area contributed by atoms with Crippen molar-refractivity contribution in [2.45, 2.75) is 12.8 Å². The first kappa shape index (κ1) is 11.5. The van der Waals surface area contributed by atoms with Crippen LogP contribution in [0.25, 0.3) is 0 Å². The van der Waals surface area contributed by atoms with Gasteiger partial charge in [-0.1, -0.05) is 19.1 Å². The number of methoxy groups -OCH3 is 1. The number of ether oxygens (including phenoxy) is 1. The Hall–Kier alpha value is -2.00. The predicted octanol–water partition coefficient (Wildman–Crippen LogP) is 2.71. The highest BCUT2D eigenvalue weighted by atomic mass is 16.5. The molecule has 2 rings (SSSR count). The summed E-state index contributed by atoms with van der Waals surface area (Å²) >= 11 is 0. The molecule has 1 aliphatic rings. The van der Waals surface area contributed by atoms with Crippen molar-refractivity contribution in [1.29, 1.82) is 10.5 Å². The molecule has 4 atom stereocenters. The Kier molecular flexibility index (Phi) is 3.02. The molecule has 0 unspecified atom stereocenters. The van der Waals surface area contributed by atoms with E-state index in [2.05, 4.69) is 12.1 Å². The van der Waals surface area contributed by atoms with Gasteiger partial charge in [-0.05, 0) is 23.6 Å². The molecule has 3 heteroatoms. The predicted molar refractivity (Wildman–Crippen MR) is 63.1 cm³/mol. The molecule has 1 aliphatic carbocycles. The van der Waals surface area contributed by atoms with E-state index in [1.54, 1.807) is 7.11 Å². The van der Waals surface area contributed by atoms with E-state index >= 15 is 0 Å². The summed E-state index contributed by atoms with van der Waals surface area (Å²) in [5.41, 5.74) is 1.12. The third-order valence-corrected chi connectivity index (χ3v) is 3.71. The zero-order valence-electron chi connectivity index (χ0n) is 9.92. The molecule has 3 nitrogen and oxygen atoms in total. The van der Waals surface area contributed by atoms with Gasteiger partial charge in [-0.2, -0.15) is 10.5 Å². The monoisotopic (exact) mass is 226 g/mol. The molecule has 17 heavy (non-hydrogen) atoms. The van der Waals surface area contributed by atoms with Crippen molar-refractivity contribution in [1.82, 2.24) is 0 Å². The second kappa shape index (κ2) is 4.47. The van der Waals surface area contributed by atoms with Gasteiger partial charge in [0, 0.05) is 5.92 Å². The second-order valence-corrected chi connectivity index (χ2v) is 4.47. The molecule has 0 radical (unpaired) electrons. The van der Waals surface area contributed by atoms with E-state index in [1.165, 1.54) is 0 Å². The molecular formula is C14H14N2O.